The van der Waals surface area contributed by atoms with Crippen LogP contribution < -0.4 is 5.32 Å². The van der Waals surface area contributed by atoms with Crippen molar-refractivity contribution in [1.29, 1.82) is 0 Å². The van der Waals surface area contributed by atoms with E-state index in [2.05, 4.69) is 40.0 Å². The highest BCUT2D eigenvalue weighted by Crippen LogP contribution is 2.24. The van der Waals surface area contributed by atoms with Crippen LogP contribution in [0.2, 0.25) is 0 Å². The zero-order valence-electron chi connectivity index (χ0n) is 9.61. The number of hydrogen-bond donors (Lipinski definition) is 1. The molecule has 1 saturated heterocycles. The molecule has 0 spiro atoms. The number of piperidine rings is 1. The summed E-state index contributed by atoms with van der Waals surface area (Å²) in [4.78, 5) is 4.53. The lowest BCUT2D eigenvalue weighted by atomic mass is 10.1. The molecule has 16 heavy (non-hydrogen) atoms. The van der Waals surface area contributed by atoms with E-state index in [1.807, 2.05) is 6.33 Å². The predicted molar refractivity (Wildman–Crippen MR) is 65.6 cm³/mol. The van der Waals surface area contributed by atoms with Gasteiger partial charge in [0, 0.05) is 12.6 Å². The van der Waals surface area contributed by atoms with E-state index in [4.69, 9.17) is 0 Å². The minimum Gasteiger partial charge on any atom is -0.326 e. The summed E-state index contributed by atoms with van der Waals surface area (Å²) in [6.45, 7) is 4.35. The number of imidazole rings is 1. The molecule has 1 aromatic carbocycles. The summed E-state index contributed by atoms with van der Waals surface area (Å²) in [5.41, 5.74) is 3.68. The normalized spacial score (nSPS) is 21.4. The first-order chi connectivity index (χ1) is 7.86. The van der Waals surface area contributed by atoms with Gasteiger partial charge in [0.2, 0.25) is 0 Å². The summed E-state index contributed by atoms with van der Waals surface area (Å²) >= 11 is 0. The average molecular weight is 215 g/mol. The minimum atomic E-state index is 0.570. The smallest absolute Gasteiger partial charge is 0.0961 e. The molecule has 1 aromatic heterocycles. The standard InChI is InChI=1S/C13H17N3/c1-10-4-2-6-12-13(10)15-9-16(12)11-5-3-7-14-8-11/h2,4,6,9,11,14H,3,5,7-8H2,1H3. The number of aromatic nitrogens is 2. The summed E-state index contributed by atoms with van der Waals surface area (Å²) in [5, 5.41) is 3.45. The molecule has 1 N–H and O–H groups in total. The largest absolute Gasteiger partial charge is 0.326 e. The lowest BCUT2D eigenvalue weighted by Crippen LogP contribution is -2.31. The number of rotatable bonds is 1. The Labute approximate surface area is 95.5 Å². The highest BCUT2D eigenvalue weighted by atomic mass is 15.1. The van der Waals surface area contributed by atoms with Crippen LogP contribution in [0.15, 0.2) is 24.5 Å². The lowest BCUT2D eigenvalue weighted by Gasteiger charge is -2.24. The van der Waals surface area contributed by atoms with Gasteiger partial charge in [-0.05, 0) is 37.9 Å². The first-order valence-corrected chi connectivity index (χ1v) is 5.99. The number of nitrogens with one attached hydrogen (secondary N) is 1. The SMILES string of the molecule is Cc1cccc2c1ncn2C1CCCNC1. The molecule has 1 aliphatic heterocycles. The second kappa shape index (κ2) is 3.91. The van der Waals surface area contributed by atoms with Crippen molar-refractivity contribution in [2.45, 2.75) is 25.8 Å². The van der Waals surface area contributed by atoms with Gasteiger partial charge in [-0.15, -0.1) is 0 Å². The molecule has 0 amide bonds. The van der Waals surface area contributed by atoms with Gasteiger partial charge >= 0.3 is 0 Å². The van der Waals surface area contributed by atoms with E-state index >= 15 is 0 Å². The number of benzene rings is 1. The molecule has 2 aromatic rings. The van der Waals surface area contributed by atoms with Crippen LogP contribution >= 0.6 is 0 Å². The van der Waals surface area contributed by atoms with E-state index in [1.54, 1.807) is 0 Å². The van der Waals surface area contributed by atoms with Gasteiger partial charge in [-0.25, -0.2) is 4.98 Å². The molecule has 0 aliphatic carbocycles. The summed E-state index contributed by atoms with van der Waals surface area (Å²) in [7, 11) is 0. The summed E-state index contributed by atoms with van der Waals surface area (Å²) < 4.78 is 2.33. The third kappa shape index (κ3) is 1.52. The fraction of sp³-hybridized carbons (Fsp3) is 0.462. The van der Waals surface area contributed by atoms with Crippen molar-refractivity contribution in [2.75, 3.05) is 13.1 Å². The van der Waals surface area contributed by atoms with Crippen molar-refractivity contribution in [3.05, 3.63) is 30.1 Å². The maximum absolute atomic E-state index is 4.53. The number of fused-ring (bicyclic) bond motifs is 1. The average Bonchev–Trinajstić information content (AvgIpc) is 2.75. The van der Waals surface area contributed by atoms with Gasteiger partial charge in [-0.1, -0.05) is 12.1 Å². The van der Waals surface area contributed by atoms with Gasteiger partial charge in [0.25, 0.3) is 0 Å². The maximum atomic E-state index is 4.53. The van der Waals surface area contributed by atoms with Crippen molar-refractivity contribution in [3.63, 3.8) is 0 Å². The van der Waals surface area contributed by atoms with Crippen LogP contribution in [0, 0.1) is 6.92 Å². The molecule has 0 saturated carbocycles. The number of aryl methyl sites for hydroxylation is 1. The van der Waals surface area contributed by atoms with E-state index in [9.17, 15) is 0 Å². The molecule has 0 radical (unpaired) electrons. The van der Waals surface area contributed by atoms with E-state index in [0.717, 1.165) is 18.6 Å². The fourth-order valence-corrected chi connectivity index (χ4v) is 2.56. The zero-order chi connectivity index (χ0) is 11.0. The van der Waals surface area contributed by atoms with E-state index in [-0.39, 0.29) is 0 Å². The number of hydrogen-bond acceptors (Lipinski definition) is 2. The van der Waals surface area contributed by atoms with Gasteiger partial charge in [-0.2, -0.15) is 0 Å². The lowest BCUT2D eigenvalue weighted by molar-refractivity contribution is 0.378. The number of para-hydroxylation sites is 1. The van der Waals surface area contributed by atoms with Gasteiger partial charge in [0.1, 0.15) is 0 Å². The quantitative estimate of drug-likeness (QED) is 0.791. The van der Waals surface area contributed by atoms with E-state index in [1.165, 1.54) is 23.9 Å². The van der Waals surface area contributed by atoms with Crippen LogP contribution in [0.25, 0.3) is 11.0 Å². The van der Waals surface area contributed by atoms with Gasteiger partial charge < -0.3 is 9.88 Å². The summed E-state index contributed by atoms with van der Waals surface area (Å²) in [6.07, 6.45) is 4.51. The Bertz CT molecular complexity index is 495. The molecule has 3 nitrogen and oxygen atoms in total. The van der Waals surface area contributed by atoms with Crippen molar-refractivity contribution in [3.8, 4) is 0 Å². The molecule has 3 heteroatoms. The van der Waals surface area contributed by atoms with E-state index < -0.39 is 0 Å². The van der Waals surface area contributed by atoms with Crippen molar-refractivity contribution >= 4 is 11.0 Å². The van der Waals surface area contributed by atoms with Crippen LogP contribution in [0.5, 0.6) is 0 Å². The first kappa shape index (κ1) is 9.85. The monoisotopic (exact) mass is 215 g/mol. The van der Waals surface area contributed by atoms with Gasteiger partial charge in [0.15, 0.2) is 0 Å². The Morgan fingerprint density at radius 3 is 3.19 bits per heavy atom. The van der Waals surface area contributed by atoms with Crippen LogP contribution in [0.4, 0.5) is 0 Å². The molecule has 1 unspecified atom stereocenters. The Balaban J connectivity index is 2.06. The molecule has 0 bridgehead atoms. The topological polar surface area (TPSA) is 29.9 Å². The Hall–Kier alpha value is -1.35. The van der Waals surface area contributed by atoms with Crippen molar-refractivity contribution in [2.24, 2.45) is 0 Å². The molecule has 84 valence electrons. The van der Waals surface area contributed by atoms with Crippen LogP contribution in [0.1, 0.15) is 24.4 Å². The molecule has 1 aliphatic rings. The van der Waals surface area contributed by atoms with Crippen LogP contribution in [-0.2, 0) is 0 Å². The Morgan fingerprint density at radius 1 is 1.44 bits per heavy atom. The predicted octanol–water partition coefficient (Wildman–Crippen LogP) is 2.27. The summed E-state index contributed by atoms with van der Waals surface area (Å²) in [5.74, 6) is 0. The molecule has 3 rings (SSSR count). The fourth-order valence-electron chi connectivity index (χ4n) is 2.56. The zero-order valence-corrected chi connectivity index (χ0v) is 9.61. The van der Waals surface area contributed by atoms with Crippen molar-refractivity contribution in [1.82, 2.24) is 14.9 Å². The molecule has 1 atom stereocenters. The number of nitrogens with zero attached hydrogens (tertiary/aromatic N) is 2. The second-order valence-corrected chi connectivity index (χ2v) is 4.59. The highest BCUT2D eigenvalue weighted by Gasteiger charge is 2.16. The first-order valence-electron chi connectivity index (χ1n) is 5.99. The Kier molecular flexibility index (Phi) is 2.40. The van der Waals surface area contributed by atoms with Crippen LogP contribution in [0.3, 0.4) is 0 Å². The molecular formula is C13H17N3. The van der Waals surface area contributed by atoms with Gasteiger partial charge in [-0.3, -0.25) is 0 Å². The minimum absolute atomic E-state index is 0.570. The van der Waals surface area contributed by atoms with E-state index in [0.29, 0.717) is 6.04 Å². The molecule has 2 heterocycles. The third-order valence-corrected chi connectivity index (χ3v) is 3.47. The molecule has 1 fully saturated rings. The van der Waals surface area contributed by atoms with Gasteiger partial charge in [0.05, 0.1) is 17.4 Å². The van der Waals surface area contributed by atoms with Crippen LogP contribution in [-0.4, -0.2) is 22.6 Å². The second-order valence-electron chi connectivity index (χ2n) is 4.59. The highest BCUT2D eigenvalue weighted by molar-refractivity contribution is 5.78. The Morgan fingerprint density at radius 2 is 2.38 bits per heavy atom. The summed E-state index contributed by atoms with van der Waals surface area (Å²) in [6, 6.07) is 6.98. The van der Waals surface area contributed by atoms with Crippen molar-refractivity contribution < 1.29 is 0 Å². The molecular weight excluding hydrogens is 198 g/mol. The maximum Gasteiger partial charge on any atom is 0.0961 e. The third-order valence-electron chi connectivity index (χ3n) is 3.47.